The number of hydrogen-bond donors (Lipinski definition) is 2. The van der Waals surface area contributed by atoms with E-state index < -0.39 is 17.8 Å². The van der Waals surface area contributed by atoms with Crippen LogP contribution in [0.2, 0.25) is 0 Å². The smallest absolute Gasteiger partial charge is 0.412 e. The Morgan fingerprint density at radius 2 is 1.93 bits per heavy atom. The quantitative estimate of drug-likeness (QED) is 0.309. The Kier molecular flexibility index (Phi) is 6.74. The van der Waals surface area contributed by atoms with E-state index in [1.54, 1.807) is 25.7 Å². The molecule has 1 aliphatic heterocycles. The van der Waals surface area contributed by atoms with Crippen LogP contribution in [0, 0.1) is 22.2 Å². The predicted molar refractivity (Wildman–Crippen MR) is 159 cm³/mol. The van der Waals surface area contributed by atoms with Crippen molar-refractivity contribution in [3.05, 3.63) is 34.2 Å². The van der Waals surface area contributed by atoms with Gasteiger partial charge in [-0.3, -0.25) is 5.32 Å². The number of aromatic nitrogens is 2. The van der Waals surface area contributed by atoms with Gasteiger partial charge in [-0.1, -0.05) is 32.9 Å². The molecule has 5 rings (SSSR count). The number of carbonyl (C=O) groups excluding carboxylic acids is 1. The summed E-state index contributed by atoms with van der Waals surface area (Å²) in [4.78, 5) is 30.8. The number of likely N-dealkylation sites (tertiary alicyclic amines) is 1. The van der Waals surface area contributed by atoms with Crippen molar-refractivity contribution >= 4 is 54.5 Å². The van der Waals surface area contributed by atoms with Gasteiger partial charge in [0, 0.05) is 46.6 Å². The van der Waals surface area contributed by atoms with Crippen LogP contribution >= 0.6 is 27.3 Å². The summed E-state index contributed by atoms with van der Waals surface area (Å²) in [5, 5.41) is 23.8. The highest BCUT2D eigenvalue weighted by atomic mass is 79.9. The Bertz CT molecular complexity index is 1570. The fourth-order valence-corrected chi connectivity index (χ4v) is 8.56. The van der Waals surface area contributed by atoms with Crippen LogP contribution in [0.5, 0.6) is 0 Å². The molecule has 1 saturated heterocycles. The third-order valence-corrected chi connectivity index (χ3v) is 9.52. The Labute approximate surface area is 246 Å². The van der Waals surface area contributed by atoms with Gasteiger partial charge in [-0.05, 0) is 61.0 Å². The summed E-state index contributed by atoms with van der Waals surface area (Å²) < 4.78 is 9.04. The van der Waals surface area contributed by atoms with Crippen molar-refractivity contribution < 1.29 is 19.4 Å². The van der Waals surface area contributed by atoms with Crippen molar-refractivity contribution in [2.24, 2.45) is 17.9 Å². The molecule has 2 aliphatic rings. The Morgan fingerprint density at radius 3 is 2.50 bits per heavy atom. The van der Waals surface area contributed by atoms with Gasteiger partial charge < -0.3 is 19.3 Å². The molecule has 2 amide bonds. The maximum Gasteiger partial charge on any atom is 0.412 e. The maximum atomic E-state index is 12.5. The molecule has 2 aromatic heterocycles. The molecule has 1 unspecified atom stereocenters. The number of nitriles is 1. The number of carbonyl (C=O) groups is 2. The molecular formula is C29H34BrN5O4S. The van der Waals surface area contributed by atoms with Crippen LogP contribution in [0.4, 0.5) is 14.6 Å². The Morgan fingerprint density at radius 1 is 1.25 bits per heavy atom. The molecule has 11 heteroatoms. The Balaban J connectivity index is 1.47. The lowest BCUT2D eigenvalue weighted by molar-refractivity contribution is -0.159. The zero-order valence-electron chi connectivity index (χ0n) is 23.8. The molecule has 0 radical (unpaired) electrons. The number of halogens is 1. The van der Waals surface area contributed by atoms with Gasteiger partial charge >= 0.3 is 12.2 Å². The lowest BCUT2D eigenvalue weighted by atomic mass is 9.48. The van der Waals surface area contributed by atoms with E-state index in [1.165, 1.54) is 11.3 Å². The molecule has 0 bridgehead atoms. The average molecular weight is 629 g/mol. The summed E-state index contributed by atoms with van der Waals surface area (Å²) in [5.41, 5.74) is 1.25. The van der Waals surface area contributed by atoms with Gasteiger partial charge in [-0.25, -0.2) is 14.6 Å². The number of carboxylic acid groups (broad SMARTS) is 1. The molecule has 2 fully saturated rings. The van der Waals surface area contributed by atoms with Crippen molar-refractivity contribution in [3.63, 3.8) is 0 Å². The molecule has 1 aromatic carbocycles. The number of nitrogens with zero attached hydrogens (tertiary/aromatic N) is 4. The molecule has 3 heterocycles. The van der Waals surface area contributed by atoms with Gasteiger partial charge in [0.15, 0.2) is 0 Å². The van der Waals surface area contributed by atoms with E-state index >= 15 is 0 Å². The van der Waals surface area contributed by atoms with E-state index in [4.69, 9.17) is 9.72 Å². The summed E-state index contributed by atoms with van der Waals surface area (Å²) >= 11 is 5.02. The van der Waals surface area contributed by atoms with Crippen LogP contribution in [0.15, 0.2) is 22.8 Å². The first-order chi connectivity index (χ1) is 18.6. The zero-order valence-corrected chi connectivity index (χ0v) is 26.2. The molecule has 2 N–H and O–H groups in total. The first kappa shape index (κ1) is 28.4. The predicted octanol–water partition coefficient (Wildman–Crippen LogP) is 7.56. The number of ether oxygens (including phenoxy) is 1. The number of fused-ring (bicyclic) bond motifs is 1. The molecule has 1 spiro atoms. The standard InChI is InChI=1S/C29H34BrN5O4S/c1-27(2,3)24-29(14-35(24)26(37)38)11-15(12-29)22-32-21(30)20(34(22)7)16-9-8-10-18-19(16)17(13-31)23(40-18)33-25(36)39-28(4,5)6/h8-10,15,24H,11-12,14H2,1-7H3,(H,33,36)(H,37,38). The average Bonchev–Trinajstić information content (AvgIpc) is 3.25. The number of benzene rings is 1. The van der Waals surface area contributed by atoms with E-state index in [2.05, 4.69) is 52.7 Å². The highest BCUT2D eigenvalue weighted by molar-refractivity contribution is 9.10. The summed E-state index contributed by atoms with van der Waals surface area (Å²) in [6.07, 6.45) is 0.302. The summed E-state index contributed by atoms with van der Waals surface area (Å²) in [7, 11) is 1.98. The molecule has 1 saturated carbocycles. The van der Waals surface area contributed by atoms with Crippen LogP contribution in [0.1, 0.15) is 71.7 Å². The van der Waals surface area contributed by atoms with E-state index in [-0.39, 0.29) is 22.8 Å². The lowest BCUT2D eigenvalue weighted by Gasteiger charge is -2.67. The van der Waals surface area contributed by atoms with Gasteiger partial charge in [0.05, 0.1) is 11.3 Å². The van der Waals surface area contributed by atoms with Crippen LogP contribution in [-0.2, 0) is 11.8 Å². The van der Waals surface area contributed by atoms with Crippen molar-refractivity contribution in [2.45, 2.75) is 71.9 Å². The normalized spacial score (nSPS) is 22.5. The molecule has 212 valence electrons. The van der Waals surface area contributed by atoms with Crippen LogP contribution in [0.3, 0.4) is 0 Å². The van der Waals surface area contributed by atoms with Crippen LogP contribution < -0.4 is 5.32 Å². The number of thiophene rings is 1. The maximum absolute atomic E-state index is 12.5. The molecule has 3 aromatic rings. The van der Waals surface area contributed by atoms with Gasteiger partial charge in [-0.2, -0.15) is 5.26 Å². The third-order valence-electron chi connectivity index (χ3n) is 7.90. The van der Waals surface area contributed by atoms with Crippen LogP contribution in [-0.4, -0.2) is 49.9 Å². The second-order valence-corrected chi connectivity index (χ2v) is 14.8. The number of imidazole rings is 1. The third kappa shape index (κ3) is 4.65. The van der Waals surface area contributed by atoms with Crippen molar-refractivity contribution in [1.29, 1.82) is 5.26 Å². The van der Waals surface area contributed by atoms with E-state index in [1.807, 2.05) is 25.2 Å². The highest BCUT2D eigenvalue weighted by Gasteiger charge is 2.64. The van der Waals surface area contributed by atoms with E-state index in [9.17, 15) is 20.0 Å². The van der Waals surface area contributed by atoms with Crippen LogP contribution in [0.25, 0.3) is 21.3 Å². The summed E-state index contributed by atoms with van der Waals surface area (Å²) in [5.74, 6) is 1.14. The van der Waals surface area contributed by atoms with Gasteiger partial charge in [0.1, 0.15) is 27.1 Å². The molecule has 1 aliphatic carbocycles. The van der Waals surface area contributed by atoms with Gasteiger partial charge in [-0.15, -0.1) is 11.3 Å². The molecular weight excluding hydrogens is 594 g/mol. The van der Waals surface area contributed by atoms with Crippen molar-refractivity contribution in [1.82, 2.24) is 14.5 Å². The van der Waals surface area contributed by atoms with Crippen molar-refractivity contribution in [3.8, 4) is 17.3 Å². The minimum absolute atomic E-state index is 0.0226. The monoisotopic (exact) mass is 627 g/mol. The largest absolute Gasteiger partial charge is 0.465 e. The highest BCUT2D eigenvalue weighted by Crippen LogP contribution is 2.63. The van der Waals surface area contributed by atoms with Gasteiger partial charge in [0.2, 0.25) is 0 Å². The van der Waals surface area contributed by atoms with E-state index in [0.29, 0.717) is 21.7 Å². The van der Waals surface area contributed by atoms with Crippen molar-refractivity contribution in [2.75, 3.05) is 11.9 Å². The SMILES string of the molecule is Cn1c(C2CC3(C2)CN(C(=O)O)C3C(C)(C)C)nc(Br)c1-c1cccc2sc(NC(=O)OC(C)(C)C)c(C#N)c12. The summed E-state index contributed by atoms with van der Waals surface area (Å²) in [6, 6.07) is 8.10. The zero-order chi connectivity index (χ0) is 29.4. The number of anilines is 1. The number of nitrogens with one attached hydrogen (secondary N) is 1. The van der Waals surface area contributed by atoms with Gasteiger partial charge in [0.25, 0.3) is 0 Å². The Hall–Kier alpha value is -3.10. The fraction of sp³-hybridized carbons (Fsp3) is 0.517. The first-order valence-corrected chi connectivity index (χ1v) is 14.8. The minimum atomic E-state index is -0.853. The lowest BCUT2D eigenvalue weighted by Crippen LogP contribution is -2.73. The number of rotatable bonds is 3. The first-order valence-electron chi connectivity index (χ1n) is 13.2. The minimum Gasteiger partial charge on any atom is -0.465 e. The summed E-state index contributed by atoms with van der Waals surface area (Å²) in [6.45, 7) is 12.3. The van der Waals surface area contributed by atoms with E-state index in [0.717, 1.165) is 40.0 Å². The molecule has 9 nitrogen and oxygen atoms in total. The topological polar surface area (TPSA) is 120 Å². The molecule has 40 heavy (non-hydrogen) atoms. The number of amides is 2. The number of hydrogen-bond acceptors (Lipinski definition) is 6. The fourth-order valence-electron chi connectivity index (χ4n) is 6.83. The second kappa shape index (κ2) is 9.48. The second-order valence-electron chi connectivity index (χ2n) is 13.0. The molecule has 1 atom stereocenters.